The summed E-state index contributed by atoms with van der Waals surface area (Å²) in [6.45, 7) is 0.649. The zero-order valence-corrected chi connectivity index (χ0v) is 11.8. The standard InChI is InChI=1S/C15H15ClN2O2/c1-20-12-5-2-10(3-6-12)9-18-11-4-7-13(15(17)19)14(16)8-11/h2-8,18H,9H2,1H3,(H2,17,19). The van der Waals surface area contributed by atoms with Crippen LogP contribution < -0.4 is 15.8 Å². The van der Waals surface area contributed by atoms with Gasteiger partial charge in [-0.25, -0.2) is 0 Å². The first-order chi connectivity index (χ1) is 9.60. The maximum Gasteiger partial charge on any atom is 0.250 e. The number of rotatable bonds is 5. The minimum atomic E-state index is -0.531. The molecule has 0 aliphatic rings. The second kappa shape index (κ2) is 6.30. The van der Waals surface area contributed by atoms with Crippen LogP contribution in [0.15, 0.2) is 42.5 Å². The molecular formula is C15H15ClN2O2. The van der Waals surface area contributed by atoms with E-state index in [1.165, 1.54) is 0 Å². The molecule has 0 aromatic heterocycles. The Balaban J connectivity index is 2.03. The lowest BCUT2D eigenvalue weighted by Crippen LogP contribution is -2.11. The average Bonchev–Trinajstić information content (AvgIpc) is 2.45. The highest BCUT2D eigenvalue weighted by molar-refractivity contribution is 6.34. The van der Waals surface area contributed by atoms with E-state index in [2.05, 4.69) is 5.32 Å². The summed E-state index contributed by atoms with van der Waals surface area (Å²) in [5, 5.41) is 3.57. The van der Waals surface area contributed by atoms with Crippen molar-refractivity contribution in [2.24, 2.45) is 5.73 Å². The van der Waals surface area contributed by atoms with Gasteiger partial charge in [-0.15, -0.1) is 0 Å². The van der Waals surface area contributed by atoms with Gasteiger partial charge in [-0.2, -0.15) is 0 Å². The van der Waals surface area contributed by atoms with Crippen molar-refractivity contribution in [1.29, 1.82) is 0 Å². The van der Waals surface area contributed by atoms with Crippen molar-refractivity contribution >= 4 is 23.2 Å². The maximum absolute atomic E-state index is 11.1. The fourth-order valence-corrected chi connectivity index (χ4v) is 2.05. The van der Waals surface area contributed by atoms with Gasteiger partial charge in [0.1, 0.15) is 5.75 Å². The van der Waals surface area contributed by atoms with Gasteiger partial charge >= 0.3 is 0 Å². The summed E-state index contributed by atoms with van der Waals surface area (Å²) < 4.78 is 5.10. The second-order valence-electron chi connectivity index (χ2n) is 4.26. The molecule has 104 valence electrons. The molecule has 0 bridgehead atoms. The van der Waals surface area contributed by atoms with Crippen molar-refractivity contribution in [3.63, 3.8) is 0 Å². The number of anilines is 1. The van der Waals surface area contributed by atoms with E-state index in [0.29, 0.717) is 17.1 Å². The number of benzene rings is 2. The number of amides is 1. The topological polar surface area (TPSA) is 64.3 Å². The van der Waals surface area contributed by atoms with E-state index in [1.807, 2.05) is 24.3 Å². The first-order valence-electron chi connectivity index (χ1n) is 6.06. The molecule has 0 unspecified atom stereocenters. The number of methoxy groups -OCH3 is 1. The first-order valence-corrected chi connectivity index (χ1v) is 6.44. The molecule has 0 spiro atoms. The monoisotopic (exact) mass is 290 g/mol. The Labute approximate surface area is 122 Å². The van der Waals surface area contributed by atoms with Crippen LogP contribution in [0.3, 0.4) is 0 Å². The van der Waals surface area contributed by atoms with Crippen molar-refractivity contribution in [2.75, 3.05) is 12.4 Å². The molecule has 0 heterocycles. The summed E-state index contributed by atoms with van der Waals surface area (Å²) in [5.41, 5.74) is 7.46. The summed E-state index contributed by atoms with van der Waals surface area (Å²) in [6, 6.07) is 12.8. The van der Waals surface area contributed by atoms with Gasteiger partial charge in [0.05, 0.1) is 17.7 Å². The molecule has 5 heteroatoms. The molecule has 0 aliphatic carbocycles. The fourth-order valence-electron chi connectivity index (χ4n) is 1.77. The predicted molar refractivity (Wildman–Crippen MR) is 80.3 cm³/mol. The number of halogens is 1. The van der Waals surface area contributed by atoms with E-state index in [4.69, 9.17) is 22.1 Å². The van der Waals surface area contributed by atoms with Gasteiger partial charge in [0.15, 0.2) is 0 Å². The molecule has 2 rings (SSSR count). The van der Waals surface area contributed by atoms with E-state index < -0.39 is 5.91 Å². The molecule has 0 fully saturated rings. The van der Waals surface area contributed by atoms with Crippen LogP contribution in [-0.2, 0) is 6.54 Å². The largest absolute Gasteiger partial charge is 0.497 e. The van der Waals surface area contributed by atoms with Gasteiger partial charge < -0.3 is 15.8 Å². The van der Waals surface area contributed by atoms with E-state index in [-0.39, 0.29) is 0 Å². The van der Waals surface area contributed by atoms with Crippen molar-refractivity contribution in [2.45, 2.75) is 6.54 Å². The van der Waals surface area contributed by atoms with E-state index in [9.17, 15) is 4.79 Å². The Hall–Kier alpha value is -2.20. The zero-order valence-electron chi connectivity index (χ0n) is 11.0. The quantitative estimate of drug-likeness (QED) is 0.889. The SMILES string of the molecule is COc1ccc(CNc2ccc(C(N)=O)c(Cl)c2)cc1. The molecule has 0 aliphatic heterocycles. The van der Waals surface area contributed by atoms with Gasteiger partial charge in [0.2, 0.25) is 5.91 Å². The molecule has 20 heavy (non-hydrogen) atoms. The van der Waals surface area contributed by atoms with Gasteiger partial charge in [0.25, 0.3) is 0 Å². The van der Waals surface area contributed by atoms with Gasteiger partial charge in [0, 0.05) is 12.2 Å². The second-order valence-corrected chi connectivity index (χ2v) is 4.67. The summed E-state index contributed by atoms with van der Waals surface area (Å²) in [6.07, 6.45) is 0. The molecule has 4 nitrogen and oxygen atoms in total. The Kier molecular flexibility index (Phi) is 4.48. The number of ether oxygens (including phenoxy) is 1. The fraction of sp³-hybridized carbons (Fsp3) is 0.133. The summed E-state index contributed by atoms with van der Waals surface area (Å²) in [7, 11) is 1.63. The van der Waals surface area contributed by atoms with Gasteiger partial charge in [-0.05, 0) is 35.9 Å². The van der Waals surface area contributed by atoms with Crippen LogP contribution in [0.1, 0.15) is 15.9 Å². The highest BCUT2D eigenvalue weighted by atomic mass is 35.5. The Morgan fingerprint density at radius 1 is 1.25 bits per heavy atom. The smallest absolute Gasteiger partial charge is 0.250 e. The summed E-state index contributed by atoms with van der Waals surface area (Å²) in [5.74, 6) is 0.291. The maximum atomic E-state index is 11.1. The lowest BCUT2D eigenvalue weighted by molar-refractivity contribution is 0.100. The van der Waals surface area contributed by atoms with Crippen LogP contribution in [0.2, 0.25) is 5.02 Å². The van der Waals surface area contributed by atoms with Crippen LogP contribution in [0.5, 0.6) is 5.75 Å². The van der Waals surface area contributed by atoms with Crippen LogP contribution >= 0.6 is 11.6 Å². The van der Waals surface area contributed by atoms with Crippen LogP contribution in [0.4, 0.5) is 5.69 Å². The van der Waals surface area contributed by atoms with Crippen LogP contribution in [0.25, 0.3) is 0 Å². The van der Waals surface area contributed by atoms with E-state index in [0.717, 1.165) is 17.0 Å². The number of carbonyl (C=O) groups is 1. The first kappa shape index (κ1) is 14.2. The van der Waals surface area contributed by atoms with E-state index in [1.54, 1.807) is 25.3 Å². The minimum Gasteiger partial charge on any atom is -0.497 e. The normalized spacial score (nSPS) is 10.1. The summed E-state index contributed by atoms with van der Waals surface area (Å²) in [4.78, 5) is 11.1. The lowest BCUT2D eigenvalue weighted by atomic mass is 10.2. The molecule has 0 radical (unpaired) electrons. The molecule has 1 amide bonds. The average molecular weight is 291 g/mol. The Morgan fingerprint density at radius 3 is 2.50 bits per heavy atom. The van der Waals surface area contributed by atoms with Crippen LogP contribution in [-0.4, -0.2) is 13.0 Å². The Bertz CT molecular complexity index is 612. The highest BCUT2D eigenvalue weighted by Crippen LogP contribution is 2.21. The van der Waals surface area contributed by atoms with Crippen molar-refractivity contribution in [1.82, 2.24) is 0 Å². The van der Waals surface area contributed by atoms with Gasteiger partial charge in [-0.1, -0.05) is 23.7 Å². The molecular weight excluding hydrogens is 276 g/mol. The summed E-state index contributed by atoms with van der Waals surface area (Å²) >= 11 is 5.99. The third-order valence-corrected chi connectivity index (χ3v) is 3.20. The molecule has 0 saturated carbocycles. The number of primary amides is 1. The van der Waals surface area contributed by atoms with Crippen molar-refractivity contribution in [3.8, 4) is 5.75 Å². The Morgan fingerprint density at radius 2 is 1.95 bits per heavy atom. The molecule has 0 saturated heterocycles. The molecule has 2 aromatic rings. The van der Waals surface area contributed by atoms with Crippen molar-refractivity contribution in [3.05, 3.63) is 58.6 Å². The zero-order chi connectivity index (χ0) is 14.5. The number of hydrogen-bond donors (Lipinski definition) is 2. The van der Waals surface area contributed by atoms with Gasteiger partial charge in [-0.3, -0.25) is 4.79 Å². The number of nitrogens with one attached hydrogen (secondary N) is 1. The number of carbonyl (C=O) groups excluding carboxylic acids is 1. The lowest BCUT2D eigenvalue weighted by Gasteiger charge is -2.09. The minimum absolute atomic E-state index is 0.321. The van der Waals surface area contributed by atoms with Crippen LogP contribution in [0, 0.1) is 0 Å². The van der Waals surface area contributed by atoms with E-state index >= 15 is 0 Å². The third kappa shape index (κ3) is 3.42. The van der Waals surface area contributed by atoms with Crippen molar-refractivity contribution < 1.29 is 9.53 Å². The number of nitrogens with two attached hydrogens (primary N) is 1. The predicted octanol–water partition coefficient (Wildman–Crippen LogP) is 3.06. The highest BCUT2D eigenvalue weighted by Gasteiger charge is 2.06. The third-order valence-electron chi connectivity index (χ3n) is 2.89. The molecule has 2 aromatic carbocycles. The molecule has 3 N–H and O–H groups in total. The number of hydrogen-bond acceptors (Lipinski definition) is 3. The molecule has 0 atom stereocenters.